The molecule has 1 rings (SSSR count). The van der Waals surface area contributed by atoms with Crippen molar-refractivity contribution in [2.45, 2.75) is 88.4 Å². The summed E-state index contributed by atoms with van der Waals surface area (Å²) >= 11 is 0. The number of nitrogens with one attached hydrogen (secondary N) is 2. The van der Waals surface area contributed by atoms with Crippen LogP contribution >= 0.6 is 0 Å². The molecule has 0 bridgehead atoms. The fraction of sp³-hybridized carbons (Fsp3) is 0.773. The van der Waals surface area contributed by atoms with Crippen LogP contribution in [0.2, 0.25) is 0 Å². The highest BCUT2D eigenvalue weighted by Gasteiger charge is 2.39. The molecule has 13 nitrogen and oxygen atoms in total. The summed E-state index contributed by atoms with van der Waals surface area (Å²) in [5.41, 5.74) is 22.1. The Balaban J connectivity index is 2.89. The molecule has 1 aliphatic heterocycles. The number of carbonyl (C=O) groups excluding carboxylic acids is 4. The van der Waals surface area contributed by atoms with E-state index in [1.165, 1.54) is 4.90 Å². The van der Waals surface area contributed by atoms with E-state index in [4.69, 9.17) is 22.9 Å². The third-order valence-corrected chi connectivity index (χ3v) is 6.00. The van der Waals surface area contributed by atoms with E-state index >= 15 is 0 Å². The van der Waals surface area contributed by atoms with E-state index in [0.717, 1.165) is 6.42 Å². The molecule has 4 amide bonds. The lowest BCUT2D eigenvalue weighted by Crippen LogP contribution is -2.56. The maximum absolute atomic E-state index is 13.4. The standard InChI is InChI=1S/C22H41N7O6/c23-11-3-1-6-14(25)19(31)27-15(7-2-4-12-24)21(33)29-13-5-8-17(29)20(32)28-16(22(34)35)9-10-18(26)30/h14-17H,1-13,23-25H2,(H2,26,30)(H,27,31)(H,28,32)(H,34,35). The van der Waals surface area contributed by atoms with Gasteiger partial charge in [-0.3, -0.25) is 19.2 Å². The fourth-order valence-corrected chi connectivity index (χ4v) is 3.98. The van der Waals surface area contributed by atoms with Crippen LogP contribution in [-0.2, 0) is 24.0 Å². The second kappa shape index (κ2) is 16.0. The quantitative estimate of drug-likeness (QED) is 0.108. The summed E-state index contributed by atoms with van der Waals surface area (Å²) in [6.07, 6.45) is 3.98. The van der Waals surface area contributed by atoms with Gasteiger partial charge in [0.15, 0.2) is 0 Å². The molecule has 200 valence electrons. The molecule has 11 N–H and O–H groups in total. The number of hydrogen-bond donors (Lipinski definition) is 7. The molecule has 13 heteroatoms. The second-order valence-electron chi connectivity index (χ2n) is 8.83. The Morgan fingerprint density at radius 1 is 0.914 bits per heavy atom. The lowest BCUT2D eigenvalue weighted by molar-refractivity contribution is -0.145. The van der Waals surface area contributed by atoms with Crippen molar-refractivity contribution in [1.82, 2.24) is 15.5 Å². The van der Waals surface area contributed by atoms with Gasteiger partial charge in [0.1, 0.15) is 18.1 Å². The number of unbranched alkanes of at least 4 members (excludes halogenated alkanes) is 2. The van der Waals surface area contributed by atoms with Gasteiger partial charge in [0.25, 0.3) is 0 Å². The van der Waals surface area contributed by atoms with Crippen molar-refractivity contribution in [2.75, 3.05) is 19.6 Å². The van der Waals surface area contributed by atoms with Crippen LogP contribution in [0, 0.1) is 0 Å². The summed E-state index contributed by atoms with van der Waals surface area (Å²) < 4.78 is 0. The highest BCUT2D eigenvalue weighted by molar-refractivity contribution is 5.94. The van der Waals surface area contributed by atoms with Gasteiger partial charge in [-0.25, -0.2) is 4.79 Å². The van der Waals surface area contributed by atoms with Crippen LogP contribution in [0.5, 0.6) is 0 Å². The smallest absolute Gasteiger partial charge is 0.326 e. The van der Waals surface area contributed by atoms with Gasteiger partial charge in [0.05, 0.1) is 6.04 Å². The summed E-state index contributed by atoms with van der Waals surface area (Å²) in [5, 5.41) is 14.5. The van der Waals surface area contributed by atoms with E-state index in [1.807, 2.05) is 0 Å². The van der Waals surface area contributed by atoms with E-state index < -0.39 is 53.8 Å². The minimum atomic E-state index is -1.31. The van der Waals surface area contributed by atoms with E-state index in [9.17, 15) is 29.1 Å². The number of amides is 4. The Kier molecular flexibility index (Phi) is 13.8. The van der Waals surface area contributed by atoms with Crippen LogP contribution in [-0.4, -0.2) is 83.4 Å². The normalized spacial score (nSPS) is 17.9. The SMILES string of the molecule is NCCCCC(N)C(=O)NC(CCCCN)C(=O)N1CCCC1C(=O)NC(CCC(N)=O)C(=O)O. The summed E-state index contributed by atoms with van der Waals surface area (Å²) in [6, 6.07) is -3.86. The molecule has 0 aromatic carbocycles. The summed E-state index contributed by atoms with van der Waals surface area (Å²) in [7, 11) is 0. The number of carboxylic acid groups (broad SMARTS) is 1. The minimum absolute atomic E-state index is 0.156. The lowest BCUT2D eigenvalue weighted by atomic mass is 10.0. The Morgan fingerprint density at radius 3 is 2.11 bits per heavy atom. The van der Waals surface area contributed by atoms with Crippen molar-refractivity contribution in [3.8, 4) is 0 Å². The number of nitrogens with two attached hydrogens (primary N) is 4. The van der Waals surface area contributed by atoms with Gasteiger partial charge in [-0.15, -0.1) is 0 Å². The molecule has 1 heterocycles. The first-order chi connectivity index (χ1) is 16.6. The first-order valence-corrected chi connectivity index (χ1v) is 12.2. The van der Waals surface area contributed by atoms with Crippen molar-refractivity contribution in [3.63, 3.8) is 0 Å². The zero-order valence-corrected chi connectivity index (χ0v) is 20.2. The van der Waals surface area contributed by atoms with E-state index in [2.05, 4.69) is 10.6 Å². The molecule has 0 aromatic heterocycles. The van der Waals surface area contributed by atoms with Crippen LogP contribution in [0.15, 0.2) is 0 Å². The van der Waals surface area contributed by atoms with Gasteiger partial charge in [0.2, 0.25) is 23.6 Å². The number of primary amides is 1. The van der Waals surface area contributed by atoms with Crippen molar-refractivity contribution < 1.29 is 29.1 Å². The summed E-state index contributed by atoms with van der Waals surface area (Å²) in [4.78, 5) is 62.7. The number of carbonyl (C=O) groups is 5. The lowest BCUT2D eigenvalue weighted by Gasteiger charge is -2.30. The summed E-state index contributed by atoms with van der Waals surface area (Å²) in [6.45, 7) is 1.23. The number of aliphatic carboxylic acids is 1. The first kappa shape index (κ1) is 30.3. The number of hydrogen-bond acceptors (Lipinski definition) is 8. The van der Waals surface area contributed by atoms with Crippen LogP contribution in [0.1, 0.15) is 64.2 Å². The molecule has 1 fully saturated rings. The minimum Gasteiger partial charge on any atom is -0.480 e. The van der Waals surface area contributed by atoms with Gasteiger partial charge in [0, 0.05) is 13.0 Å². The molecular formula is C22H41N7O6. The fourth-order valence-electron chi connectivity index (χ4n) is 3.98. The maximum atomic E-state index is 13.4. The topological polar surface area (TPSA) is 237 Å². The van der Waals surface area contributed by atoms with Crippen LogP contribution < -0.4 is 33.6 Å². The molecule has 0 radical (unpaired) electrons. The molecule has 0 spiro atoms. The zero-order chi connectivity index (χ0) is 26.4. The van der Waals surface area contributed by atoms with Gasteiger partial charge in [-0.1, -0.05) is 6.42 Å². The number of nitrogens with zero attached hydrogens (tertiary/aromatic N) is 1. The van der Waals surface area contributed by atoms with E-state index in [1.54, 1.807) is 0 Å². The van der Waals surface area contributed by atoms with Gasteiger partial charge in [-0.2, -0.15) is 0 Å². The van der Waals surface area contributed by atoms with Crippen molar-refractivity contribution in [3.05, 3.63) is 0 Å². The molecular weight excluding hydrogens is 458 g/mol. The maximum Gasteiger partial charge on any atom is 0.326 e. The number of carboxylic acids is 1. The Morgan fingerprint density at radius 2 is 1.54 bits per heavy atom. The molecule has 0 aliphatic carbocycles. The average Bonchev–Trinajstić information content (AvgIpc) is 3.30. The van der Waals surface area contributed by atoms with Crippen molar-refractivity contribution in [2.24, 2.45) is 22.9 Å². The number of likely N-dealkylation sites (tertiary alicyclic amines) is 1. The van der Waals surface area contributed by atoms with Crippen molar-refractivity contribution in [1.29, 1.82) is 0 Å². The first-order valence-electron chi connectivity index (χ1n) is 12.2. The molecule has 0 saturated carbocycles. The molecule has 4 unspecified atom stereocenters. The van der Waals surface area contributed by atoms with Crippen LogP contribution in [0.3, 0.4) is 0 Å². The molecule has 1 saturated heterocycles. The molecule has 1 aliphatic rings. The van der Waals surface area contributed by atoms with Crippen LogP contribution in [0.25, 0.3) is 0 Å². The number of rotatable bonds is 17. The van der Waals surface area contributed by atoms with Gasteiger partial charge >= 0.3 is 5.97 Å². The third-order valence-electron chi connectivity index (χ3n) is 6.00. The largest absolute Gasteiger partial charge is 0.480 e. The highest BCUT2D eigenvalue weighted by Crippen LogP contribution is 2.20. The predicted octanol–water partition coefficient (Wildman–Crippen LogP) is -2.12. The second-order valence-corrected chi connectivity index (χ2v) is 8.83. The van der Waals surface area contributed by atoms with Crippen LogP contribution in [0.4, 0.5) is 0 Å². The van der Waals surface area contributed by atoms with Crippen molar-refractivity contribution >= 4 is 29.6 Å². The predicted molar refractivity (Wildman–Crippen MR) is 128 cm³/mol. The molecule has 0 aromatic rings. The third kappa shape index (κ3) is 10.6. The highest BCUT2D eigenvalue weighted by atomic mass is 16.4. The van der Waals surface area contributed by atoms with Gasteiger partial charge in [-0.05, 0) is 64.5 Å². The summed E-state index contributed by atoms with van der Waals surface area (Å²) in [5.74, 6) is -3.48. The zero-order valence-electron chi connectivity index (χ0n) is 20.2. The Hall–Kier alpha value is -2.77. The van der Waals surface area contributed by atoms with E-state index in [-0.39, 0.29) is 12.8 Å². The average molecular weight is 500 g/mol. The Bertz CT molecular complexity index is 735. The van der Waals surface area contributed by atoms with E-state index in [0.29, 0.717) is 64.6 Å². The monoisotopic (exact) mass is 499 g/mol. The van der Waals surface area contributed by atoms with Gasteiger partial charge < -0.3 is 43.6 Å². The Labute approximate surface area is 205 Å². The molecule has 4 atom stereocenters. The molecule has 35 heavy (non-hydrogen) atoms.